The fourth-order valence-corrected chi connectivity index (χ4v) is 3.51. The fraction of sp³-hybridized carbons (Fsp3) is 0.300. The molecule has 0 atom stereocenters. The number of aromatic hydroxyl groups is 1. The third-order valence-electron chi connectivity index (χ3n) is 4.64. The standard InChI is InChI=1S/C20H23BrN4O/c1-4-25(5-2)12-14-10-15(11-17(21)19(14)26)24(3)20-16-8-6-7-9-18(16)22-13-23-20/h6-11,13,26H,4-5,12H2,1-3H3. The van der Waals surface area contributed by atoms with Crippen molar-refractivity contribution in [1.29, 1.82) is 0 Å². The first-order valence-electron chi connectivity index (χ1n) is 8.72. The summed E-state index contributed by atoms with van der Waals surface area (Å²) in [5, 5.41) is 11.5. The summed E-state index contributed by atoms with van der Waals surface area (Å²) < 4.78 is 0.683. The van der Waals surface area contributed by atoms with Crippen LogP contribution < -0.4 is 4.90 Å². The molecule has 5 nitrogen and oxygen atoms in total. The third-order valence-corrected chi connectivity index (χ3v) is 5.25. The van der Waals surface area contributed by atoms with Gasteiger partial charge in [-0.2, -0.15) is 0 Å². The Kier molecular flexibility index (Phi) is 5.74. The number of benzene rings is 2. The van der Waals surface area contributed by atoms with Crippen molar-refractivity contribution in [2.24, 2.45) is 0 Å². The summed E-state index contributed by atoms with van der Waals surface area (Å²) in [4.78, 5) is 13.1. The van der Waals surface area contributed by atoms with Gasteiger partial charge in [-0.3, -0.25) is 4.90 Å². The Balaban J connectivity index is 2.04. The van der Waals surface area contributed by atoms with E-state index in [4.69, 9.17) is 0 Å². The molecule has 0 saturated carbocycles. The quantitative estimate of drug-likeness (QED) is 0.632. The molecule has 2 aromatic carbocycles. The number of rotatable bonds is 6. The van der Waals surface area contributed by atoms with Crippen molar-refractivity contribution in [3.63, 3.8) is 0 Å². The van der Waals surface area contributed by atoms with Crippen molar-refractivity contribution in [2.45, 2.75) is 20.4 Å². The van der Waals surface area contributed by atoms with Crippen LogP contribution in [0.4, 0.5) is 11.5 Å². The molecular weight excluding hydrogens is 392 g/mol. The van der Waals surface area contributed by atoms with E-state index < -0.39 is 0 Å². The molecule has 0 aliphatic rings. The maximum Gasteiger partial charge on any atom is 0.144 e. The Labute approximate surface area is 162 Å². The molecule has 0 aliphatic heterocycles. The second kappa shape index (κ2) is 8.01. The van der Waals surface area contributed by atoms with E-state index in [0.717, 1.165) is 41.1 Å². The van der Waals surface area contributed by atoms with E-state index in [2.05, 4.69) is 44.6 Å². The Morgan fingerprint density at radius 2 is 1.81 bits per heavy atom. The van der Waals surface area contributed by atoms with Crippen molar-refractivity contribution in [1.82, 2.24) is 14.9 Å². The number of hydrogen-bond acceptors (Lipinski definition) is 5. The van der Waals surface area contributed by atoms with Crippen molar-refractivity contribution in [3.05, 3.63) is 52.8 Å². The van der Waals surface area contributed by atoms with E-state index in [9.17, 15) is 5.11 Å². The van der Waals surface area contributed by atoms with E-state index in [1.165, 1.54) is 0 Å². The first-order chi connectivity index (χ1) is 12.5. The molecule has 0 radical (unpaired) electrons. The van der Waals surface area contributed by atoms with Gasteiger partial charge < -0.3 is 10.0 Å². The van der Waals surface area contributed by atoms with Gasteiger partial charge >= 0.3 is 0 Å². The lowest BCUT2D eigenvalue weighted by Gasteiger charge is -2.23. The Morgan fingerprint density at radius 1 is 1.08 bits per heavy atom. The van der Waals surface area contributed by atoms with Crippen molar-refractivity contribution >= 4 is 38.3 Å². The molecular formula is C20H23BrN4O. The highest BCUT2D eigenvalue weighted by Gasteiger charge is 2.16. The normalized spacial score (nSPS) is 11.3. The second-order valence-corrected chi connectivity index (χ2v) is 7.02. The van der Waals surface area contributed by atoms with Gasteiger partial charge in [0.2, 0.25) is 0 Å². The van der Waals surface area contributed by atoms with Gasteiger partial charge in [-0.25, -0.2) is 9.97 Å². The van der Waals surface area contributed by atoms with E-state index in [0.29, 0.717) is 16.8 Å². The maximum absolute atomic E-state index is 10.5. The lowest BCUT2D eigenvalue weighted by Crippen LogP contribution is -2.22. The van der Waals surface area contributed by atoms with E-state index >= 15 is 0 Å². The Morgan fingerprint density at radius 3 is 2.54 bits per heavy atom. The molecule has 0 spiro atoms. The number of fused-ring (bicyclic) bond motifs is 1. The highest BCUT2D eigenvalue weighted by Crippen LogP contribution is 2.36. The van der Waals surface area contributed by atoms with Crippen molar-refractivity contribution < 1.29 is 5.11 Å². The number of anilines is 2. The van der Waals surface area contributed by atoms with E-state index in [1.54, 1.807) is 6.33 Å². The minimum atomic E-state index is 0.293. The molecule has 3 rings (SSSR count). The van der Waals surface area contributed by atoms with Crippen LogP contribution in [0.2, 0.25) is 0 Å². The molecule has 0 unspecified atom stereocenters. The minimum Gasteiger partial charge on any atom is -0.506 e. The minimum absolute atomic E-state index is 0.293. The van der Waals surface area contributed by atoms with E-state index in [1.807, 2.05) is 48.3 Å². The highest BCUT2D eigenvalue weighted by atomic mass is 79.9. The van der Waals surface area contributed by atoms with Gasteiger partial charge in [0.25, 0.3) is 0 Å². The van der Waals surface area contributed by atoms with Gasteiger partial charge in [0, 0.05) is 30.2 Å². The monoisotopic (exact) mass is 414 g/mol. The molecule has 136 valence electrons. The number of para-hydroxylation sites is 1. The first-order valence-corrected chi connectivity index (χ1v) is 9.51. The van der Waals surface area contributed by atoms with Crippen LogP contribution >= 0.6 is 15.9 Å². The lowest BCUT2D eigenvalue weighted by molar-refractivity contribution is 0.290. The van der Waals surface area contributed by atoms with Gasteiger partial charge in [0.15, 0.2) is 0 Å². The van der Waals surface area contributed by atoms with Crippen LogP contribution in [0.5, 0.6) is 5.75 Å². The summed E-state index contributed by atoms with van der Waals surface area (Å²) in [6.45, 7) is 6.81. The Hall–Kier alpha value is -2.18. The number of phenols is 1. The van der Waals surface area contributed by atoms with Crippen LogP contribution in [0.25, 0.3) is 10.9 Å². The van der Waals surface area contributed by atoms with Crippen molar-refractivity contribution in [2.75, 3.05) is 25.0 Å². The summed E-state index contributed by atoms with van der Waals surface area (Å²) in [5.74, 6) is 1.13. The second-order valence-electron chi connectivity index (χ2n) is 6.17. The zero-order valence-corrected chi connectivity index (χ0v) is 16.9. The summed E-state index contributed by atoms with van der Waals surface area (Å²) >= 11 is 3.49. The topological polar surface area (TPSA) is 52.5 Å². The van der Waals surface area contributed by atoms with E-state index in [-0.39, 0.29) is 0 Å². The molecule has 0 aliphatic carbocycles. The molecule has 1 N–H and O–H groups in total. The van der Waals surface area contributed by atoms with Crippen LogP contribution in [0.15, 0.2) is 47.2 Å². The third kappa shape index (κ3) is 3.66. The average molecular weight is 415 g/mol. The summed E-state index contributed by atoms with van der Waals surface area (Å²) in [7, 11) is 1.98. The summed E-state index contributed by atoms with van der Waals surface area (Å²) in [6.07, 6.45) is 1.58. The van der Waals surface area contributed by atoms with Crippen molar-refractivity contribution in [3.8, 4) is 5.75 Å². The first kappa shape index (κ1) is 18.6. The zero-order valence-electron chi connectivity index (χ0n) is 15.3. The van der Waals surface area contributed by atoms with Crippen LogP contribution in [-0.2, 0) is 6.54 Å². The van der Waals surface area contributed by atoms with Gasteiger partial charge in [0.1, 0.15) is 17.9 Å². The Bertz CT molecular complexity index is 906. The number of nitrogens with zero attached hydrogens (tertiary/aromatic N) is 4. The molecule has 0 bridgehead atoms. The largest absolute Gasteiger partial charge is 0.506 e. The van der Waals surface area contributed by atoms with Gasteiger partial charge in [-0.1, -0.05) is 26.0 Å². The predicted molar refractivity (Wildman–Crippen MR) is 110 cm³/mol. The average Bonchev–Trinajstić information content (AvgIpc) is 2.68. The van der Waals surface area contributed by atoms with Crippen LogP contribution in [0.1, 0.15) is 19.4 Å². The fourth-order valence-electron chi connectivity index (χ4n) is 3.02. The van der Waals surface area contributed by atoms with Gasteiger partial charge in [-0.15, -0.1) is 0 Å². The number of halogens is 1. The molecule has 0 saturated heterocycles. The van der Waals surface area contributed by atoms with Crippen LogP contribution in [0, 0.1) is 0 Å². The number of aromatic nitrogens is 2. The molecule has 1 aromatic heterocycles. The number of hydrogen-bond donors (Lipinski definition) is 1. The van der Waals surface area contributed by atoms with Gasteiger partial charge in [-0.05, 0) is 53.3 Å². The number of phenolic OH excluding ortho intramolecular Hbond substituents is 1. The SMILES string of the molecule is CCN(CC)Cc1cc(N(C)c2ncnc3ccccc23)cc(Br)c1O. The predicted octanol–water partition coefficient (Wildman–Crippen LogP) is 4.71. The zero-order chi connectivity index (χ0) is 18.7. The maximum atomic E-state index is 10.5. The molecule has 26 heavy (non-hydrogen) atoms. The van der Waals surface area contributed by atoms with Crippen LogP contribution in [-0.4, -0.2) is 40.1 Å². The summed E-state index contributed by atoms with van der Waals surface area (Å²) in [6, 6.07) is 11.9. The highest BCUT2D eigenvalue weighted by molar-refractivity contribution is 9.10. The molecule has 6 heteroatoms. The molecule has 3 aromatic rings. The van der Waals surface area contributed by atoms with Gasteiger partial charge in [0.05, 0.1) is 9.99 Å². The summed E-state index contributed by atoms with van der Waals surface area (Å²) in [5.41, 5.74) is 2.76. The molecule has 0 fully saturated rings. The molecule has 0 amide bonds. The van der Waals surface area contributed by atoms with Crippen LogP contribution in [0.3, 0.4) is 0 Å². The lowest BCUT2D eigenvalue weighted by atomic mass is 10.1. The molecule has 1 heterocycles. The smallest absolute Gasteiger partial charge is 0.144 e.